The summed E-state index contributed by atoms with van der Waals surface area (Å²) in [7, 11) is -3.54. The first-order chi connectivity index (χ1) is 17.0. The van der Waals surface area contributed by atoms with Crippen LogP contribution in [0.25, 0.3) is 27.9 Å². The average Bonchev–Trinajstić information content (AvgIpc) is 3.21. The zero-order chi connectivity index (χ0) is 24.4. The summed E-state index contributed by atoms with van der Waals surface area (Å²) in [6.07, 6.45) is 3.12. The van der Waals surface area contributed by atoms with E-state index in [1.54, 1.807) is 30.3 Å². The van der Waals surface area contributed by atoms with Gasteiger partial charge in [-0.1, -0.05) is 30.3 Å². The summed E-state index contributed by atoms with van der Waals surface area (Å²) in [6.45, 7) is 4.51. The molecule has 35 heavy (non-hydrogen) atoms. The Kier molecular flexibility index (Phi) is 6.42. The molecule has 0 spiro atoms. The fraction of sp³-hybridized carbons (Fsp3) is 0.222. The highest BCUT2D eigenvalue weighted by atomic mass is 32.2. The summed E-state index contributed by atoms with van der Waals surface area (Å²) in [6, 6.07) is 20.7. The van der Waals surface area contributed by atoms with Crippen molar-refractivity contribution in [2.24, 2.45) is 0 Å². The minimum Gasteiger partial charge on any atom is -0.379 e. The lowest BCUT2D eigenvalue weighted by Crippen LogP contribution is -2.40. The van der Waals surface area contributed by atoms with Gasteiger partial charge in [0, 0.05) is 53.2 Å². The van der Waals surface area contributed by atoms with E-state index >= 15 is 0 Å². The normalized spacial score (nSPS) is 15.2. The molecule has 4 aromatic rings. The number of benzene rings is 3. The van der Waals surface area contributed by atoms with Crippen molar-refractivity contribution in [3.8, 4) is 0 Å². The first-order valence-corrected chi connectivity index (χ1v) is 13.1. The van der Waals surface area contributed by atoms with Crippen molar-refractivity contribution in [2.75, 3.05) is 31.6 Å². The van der Waals surface area contributed by atoms with Crippen LogP contribution in [0.15, 0.2) is 77.7 Å². The number of hydrogen-bond acceptors (Lipinski definition) is 4. The van der Waals surface area contributed by atoms with Crippen LogP contribution in [0.3, 0.4) is 0 Å². The van der Waals surface area contributed by atoms with Gasteiger partial charge in [0.05, 0.1) is 18.1 Å². The summed E-state index contributed by atoms with van der Waals surface area (Å²) in [5, 5.41) is 5.18. The van der Waals surface area contributed by atoms with E-state index in [0.29, 0.717) is 26.3 Å². The van der Waals surface area contributed by atoms with Crippen LogP contribution in [0.4, 0.5) is 5.69 Å². The molecule has 0 saturated carbocycles. The maximum atomic E-state index is 12.8. The summed E-state index contributed by atoms with van der Waals surface area (Å²) in [4.78, 5) is 12.8. The number of rotatable bonds is 6. The molecule has 0 unspecified atom stereocenters. The van der Waals surface area contributed by atoms with Crippen LogP contribution < -0.4 is 5.32 Å². The second-order valence-corrected chi connectivity index (χ2v) is 10.3. The number of nitrogens with one attached hydrogen (secondary N) is 1. The van der Waals surface area contributed by atoms with E-state index in [4.69, 9.17) is 4.74 Å². The summed E-state index contributed by atoms with van der Waals surface area (Å²) >= 11 is 0. The molecule has 7 nitrogen and oxygen atoms in total. The lowest BCUT2D eigenvalue weighted by atomic mass is 10.1. The first-order valence-electron chi connectivity index (χ1n) is 11.7. The molecule has 1 amide bonds. The predicted molar refractivity (Wildman–Crippen MR) is 139 cm³/mol. The van der Waals surface area contributed by atoms with Crippen LogP contribution in [0, 0.1) is 0 Å². The number of nitrogens with zero attached hydrogens (tertiary/aromatic N) is 2. The van der Waals surface area contributed by atoms with E-state index in [1.807, 2.05) is 30.3 Å². The van der Waals surface area contributed by atoms with Crippen molar-refractivity contribution in [3.63, 3.8) is 0 Å². The predicted octanol–water partition coefficient (Wildman–Crippen LogP) is 4.49. The average molecular weight is 490 g/mol. The van der Waals surface area contributed by atoms with Crippen LogP contribution >= 0.6 is 0 Å². The first kappa shape index (κ1) is 23.3. The number of para-hydroxylation sites is 1. The molecular formula is C27H27N3O4S. The number of sulfonamides is 1. The minimum absolute atomic E-state index is 0.237. The quantitative estimate of drug-likeness (QED) is 0.405. The molecule has 2 heterocycles. The Morgan fingerprint density at radius 3 is 2.43 bits per heavy atom. The third-order valence-corrected chi connectivity index (χ3v) is 8.18. The Morgan fingerprint density at radius 2 is 1.69 bits per heavy atom. The number of carbonyl (C=O) groups is 1. The van der Waals surface area contributed by atoms with E-state index in [9.17, 15) is 13.2 Å². The number of aryl methyl sites for hydroxylation is 1. The molecule has 5 rings (SSSR count). The fourth-order valence-electron chi connectivity index (χ4n) is 4.51. The van der Waals surface area contributed by atoms with Crippen molar-refractivity contribution in [3.05, 3.63) is 78.4 Å². The van der Waals surface area contributed by atoms with Gasteiger partial charge < -0.3 is 14.6 Å². The fourth-order valence-corrected chi connectivity index (χ4v) is 5.92. The third kappa shape index (κ3) is 4.60. The molecule has 0 radical (unpaired) electrons. The van der Waals surface area contributed by atoms with Crippen LogP contribution in [-0.4, -0.2) is 49.5 Å². The van der Waals surface area contributed by atoms with Crippen molar-refractivity contribution < 1.29 is 17.9 Å². The zero-order valence-electron chi connectivity index (χ0n) is 19.5. The van der Waals surface area contributed by atoms with Crippen LogP contribution in [0.1, 0.15) is 12.5 Å². The lowest BCUT2D eigenvalue weighted by molar-refractivity contribution is -0.111. The molecule has 1 fully saturated rings. The summed E-state index contributed by atoms with van der Waals surface area (Å²) < 4.78 is 34.4. The number of ether oxygens (including phenoxy) is 1. The van der Waals surface area contributed by atoms with Gasteiger partial charge in [0.1, 0.15) is 0 Å². The van der Waals surface area contributed by atoms with Gasteiger partial charge in [-0.2, -0.15) is 4.31 Å². The molecule has 1 aromatic heterocycles. The molecule has 1 saturated heterocycles. The van der Waals surface area contributed by atoms with E-state index in [1.165, 1.54) is 15.9 Å². The topological polar surface area (TPSA) is 80.6 Å². The standard InChI is InChI=1S/C27H27N3O4S/c1-2-30-25-6-4-3-5-23(25)24-19-21(10-13-26(24)30)28-27(31)14-9-20-7-11-22(12-8-20)35(32,33)29-15-17-34-18-16-29/h3-14,19H,2,15-18H2,1H3,(H,28,31)/b14-9+. The van der Waals surface area contributed by atoms with Gasteiger partial charge in [-0.15, -0.1) is 0 Å². The van der Waals surface area contributed by atoms with E-state index in [0.717, 1.165) is 34.1 Å². The smallest absolute Gasteiger partial charge is 0.248 e. The number of anilines is 1. The largest absolute Gasteiger partial charge is 0.379 e. The number of amides is 1. The number of hydrogen-bond donors (Lipinski definition) is 1. The zero-order valence-corrected chi connectivity index (χ0v) is 20.3. The number of carbonyl (C=O) groups excluding carboxylic acids is 1. The molecule has 3 aromatic carbocycles. The maximum absolute atomic E-state index is 12.8. The maximum Gasteiger partial charge on any atom is 0.248 e. The lowest BCUT2D eigenvalue weighted by Gasteiger charge is -2.26. The van der Waals surface area contributed by atoms with Gasteiger partial charge in [0.2, 0.25) is 15.9 Å². The monoisotopic (exact) mass is 489 g/mol. The second kappa shape index (κ2) is 9.65. The van der Waals surface area contributed by atoms with Gasteiger partial charge in [-0.25, -0.2) is 8.42 Å². The van der Waals surface area contributed by atoms with Crippen molar-refractivity contribution in [1.82, 2.24) is 8.87 Å². The Hall–Kier alpha value is -3.46. The highest BCUT2D eigenvalue weighted by molar-refractivity contribution is 7.89. The van der Waals surface area contributed by atoms with Gasteiger partial charge in [-0.3, -0.25) is 4.79 Å². The molecule has 0 atom stereocenters. The van der Waals surface area contributed by atoms with Gasteiger partial charge in [0.25, 0.3) is 0 Å². The van der Waals surface area contributed by atoms with Crippen LogP contribution in [0.5, 0.6) is 0 Å². The molecule has 1 aliphatic rings. The molecular weight excluding hydrogens is 462 g/mol. The van der Waals surface area contributed by atoms with Crippen LogP contribution in [0.2, 0.25) is 0 Å². The highest BCUT2D eigenvalue weighted by Gasteiger charge is 2.25. The van der Waals surface area contributed by atoms with Gasteiger partial charge in [-0.05, 0) is 55.0 Å². The third-order valence-electron chi connectivity index (χ3n) is 6.27. The van der Waals surface area contributed by atoms with E-state index in [-0.39, 0.29) is 10.8 Å². The molecule has 180 valence electrons. The van der Waals surface area contributed by atoms with Crippen LogP contribution in [-0.2, 0) is 26.1 Å². The molecule has 1 N–H and O–H groups in total. The Labute approximate surface area is 204 Å². The van der Waals surface area contributed by atoms with Crippen molar-refractivity contribution in [2.45, 2.75) is 18.4 Å². The van der Waals surface area contributed by atoms with Crippen molar-refractivity contribution in [1.29, 1.82) is 0 Å². The Balaban J connectivity index is 1.30. The van der Waals surface area contributed by atoms with Gasteiger partial charge in [0.15, 0.2) is 0 Å². The SMILES string of the molecule is CCn1c2ccccc2c2cc(NC(=O)/C=C/c3ccc(S(=O)(=O)N4CCOCC4)cc3)ccc21. The second-order valence-electron chi connectivity index (χ2n) is 8.40. The molecule has 0 bridgehead atoms. The number of fused-ring (bicyclic) bond motifs is 3. The van der Waals surface area contributed by atoms with Crippen molar-refractivity contribution >= 4 is 49.5 Å². The Bertz CT molecular complexity index is 1520. The Morgan fingerprint density at radius 1 is 0.971 bits per heavy atom. The van der Waals surface area contributed by atoms with E-state index < -0.39 is 10.0 Å². The number of morpholine rings is 1. The minimum atomic E-state index is -3.54. The highest BCUT2D eigenvalue weighted by Crippen LogP contribution is 2.31. The van der Waals surface area contributed by atoms with Gasteiger partial charge >= 0.3 is 0 Å². The summed E-state index contributed by atoms with van der Waals surface area (Å²) in [5.74, 6) is -0.256. The molecule has 8 heteroatoms. The molecule has 0 aliphatic carbocycles. The summed E-state index contributed by atoms with van der Waals surface area (Å²) in [5.41, 5.74) is 3.77. The number of aromatic nitrogens is 1. The van der Waals surface area contributed by atoms with E-state index in [2.05, 4.69) is 28.9 Å². The molecule has 1 aliphatic heterocycles.